The van der Waals surface area contributed by atoms with Crippen molar-refractivity contribution >= 4 is 5.82 Å². The zero-order chi connectivity index (χ0) is 13.8. The molecule has 0 bridgehead atoms. The fraction of sp³-hybridized carbons (Fsp3) is 0.688. The maximum Gasteiger partial charge on any atom is 0.128 e. The minimum Gasteiger partial charge on any atom is -0.356 e. The molecule has 1 aliphatic heterocycles. The molecule has 2 rings (SSSR count). The molecule has 2 atom stereocenters. The first-order chi connectivity index (χ1) is 9.04. The van der Waals surface area contributed by atoms with Gasteiger partial charge in [-0.15, -0.1) is 0 Å². The quantitative estimate of drug-likeness (QED) is 0.903. The van der Waals surface area contributed by atoms with E-state index in [1.54, 1.807) is 0 Å². The van der Waals surface area contributed by atoms with Crippen molar-refractivity contribution in [2.24, 2.45) is 11.8 Å². The molecule has 0 aromatic carbocycles. The summed E-state index contributed by atoms with van der Waals surface area (Å²) in [6.07, 6.45) is 3.35. The van der Waals surface area contributed by atoms with Crippen LogP contribution in [-0.4, -0.2) is 24.1 Å². The number of nitrogens with one attached hydrogen (secondary N) is 1. The fourth-order valence-electron chi connectivity index (χ4n) is 2.88. The van der Waals surface area contributed by atoms with Crippen LogP contribution in [0.25, 0.3) is 0 Å². The van der Waals surface area contributed by atoms with Gasteiger partial charge in [-0.1, -0.05) is 33.8 Å². The minimum atomic E-state index is 0.517. The number of rotatable bonds is 4. The second-order valence-corrected chi connectivity index (χ2v) is 6.41. The van der Waals surface area contributed by atoms with Gasteiger partial charge in [0.1, 0.15) is 5.82 Å². The van der Waals surface area contributed by atoms with E-state index >= 15 is 0 Å². The Morgan fingerprint density at radius 1 is 1.26 bits per heavy atom. The smallest absolute Gasteiger partial charge is 0.128 e. The first kappa shape index (κ1) is 14.3. The van der Waals surface area contributed by atoms with Gasteiger partial charge in [-0.2, -0.15) is 0 Å². The van der Waals surface area contributed by atoms with Crippen molar-refractivity contribution in [1.29, 1.82) is 0 Å². The third-order valence-corrected chi connectivity index (χ3v) is 3.72. The Balaban J connectivity index is 1.97. The van der Waals surface area contributed by atoms with Crippen LogP contribution in [0.1, 0.15) is 39.7 Å². The Kier molecular flexibility index (Phi) is 4.81. The van der Waals surface area contributed by atoms with E-state index in [2.05, 4.69) is 55.0 Å². The Bertz CT molecular complexity index is 375. The van der Waals surface area contributed by atoms with Gasteiger partial charge in [0.05, 0.1) is 0 Å². The Morgan fingerprint density at radius 2 is 1.95 bits per heavy atom. The van der Waals surface area contributed by atoms with Crippen LogP contribution in [-0.2, 0) is 6.54 Å². The molecule has 0 saturated carbocycles. The highest BCUT2D eigenvalue weighted by Gasteiger charge is 2.22. The lowest BCUT2D eigenvalue weighted by molar-refractivity contribution is 0.355. The van der Waals surface area contributed by atoms with E-state index in [4.69, 9.17) is 0 Å². The molecule has 3 nitrogen and oxygen atoms in total. The van der Waals surface area contributed by atoms with Crippen molar-refractivity contribution in [3.63, 3.8) is 0 Å². The van der Waals surface area contributed by atoms with Crippen molar-refractivity contribution in [2.45, 2.75) is 46.7 Å². The third-order valence-electron chi connectivity index (χ3n) is 3.72. The molecular weight excluding hydrogens is 234 g/mol. The van der Waals surface area contributed by atoms with Crippen LogP contribution < -0.4 is 10.2 Å². The van der Waals surface area contributed by atoms with Crippen LogP contribution in [0.4, 0.5) is 5.82 Å². The molecule has 2 heterocycles. The Morgan fingerprint density at radius 3 is 2.47 bits per heavy atom. The van der Waals surface area contributed by atoms with E-state index in [1.165, 1.54) is 12.0 Å². The van der Waals surface area contributed by atoms with Gasteiger partial charge in [0.2, 0.25) is 0 Å². The van der Waals surface area contributed by atoms with E-state index in [1.807, 2.05) is 6.20 Å². The molecule has 19 heavy (non-hydrogen) atoms. The second kappa shape index (κ2) is 6.38. The maximum absolute atomic E-state index is 4.64. The van der Waals surface area contributed by atoms with E-state index in [-0.39, 0.29) is 0 Å². The first-order valence-electron chi connectivity index (χ1n) is 7.48. The lowest BCUT2D eigenvalue weighted by atomic mass is 9.92. The van der Waals surface area contributed by atoms with Gasteiger partial charge in [0, 0.05) is 31.9 Å². The first-order valence-corrected chi connectivity index (χ1v) is 7.48. The van der Waals surface area contributed by atoms with Crippen molar-refractivity contribution in [1.82, 2.24) is 10.3 Å². The van der Waals surface area contributed by atoms with Gasteiger partial charge >= 0.3 is 0 Å². The highest BCUT2D eigenvalue weighted by atomic mass is 15.2. The summed E-state index contributed by atoms with van der Waals surface area (Å²) in [6.45, 7) is 12.2. The van der Waals surface area contributed by atoms with Gasteiger partial charge in [-0.3, -0.25) is 0 Å². The van der Waals surface area contributed by atoms with E-state index in [0.29, 0.717) is 6.04 Å². The molecule has 1 fully saturated rings. The van der Waals surface area contributed by atoms with Gasteiger partial charge in [-0.25, -0.2) is 4.98 Å². The van der Waals surface area contributed by atoms with Crippen LogP contribution in [0, 0.1) is 11.8 Å². The maximum atomic E-state index is 4.64. The molecule has 0 aliphatic carbocycles. The zero-order valence-electron chi connectivity index (χ0n) is 12.7. The molecular formula is C16H27N3. The molecule has 1 aromatic rings. The summed E-state index contributed by atoms with van der Waals surface area (Å²) in [7, 11) is 0. The molecule has 0 spiro atoms. The topological polar surface area (TPSA) is 28.2 Å². The standard InChI is InChI=1S/C16H27N3/c1-12(2)17-8-15-5-6-16(18-9-15)19-10-13(3)7-14(4)11-19/h5-6,9,12-14,17H,7-8,10-11H2,1-4H3. The zero-order valence-corrected chi connectivity index (χ0v) is 12.7. The van der Waals surface area contributed by atoms with Gasteiger partial charge in [0.25, 0.3) is 0 Å². The number of aromatic nitrogens is 1. The minimum absolute atomic E-state index is 0.517. The highest BCUT2D eigenvalue weighted by molar-refractivity contribution is 5.40. The lowest BCUT2D eigenvalue weighted by Crippen LogP contribution is -2.39. The SMILES string of the molecule is CC1CC(C)CN(c2ccc(CNC(C)C)cn2)C1. The summed E-state index contributed by atoms with van der Waals surface area (Å²) in [5, 5.41) is 3.42. The van der Waals surface area contributed by atoms with E-state index < -0.39 is 0 Å². The molecule has 0 amide bonds. The summed E-state index contributed by atoms with van der Waals surface area (Å²) >= 11 is 0. The van der Waals surface area contributed by atoms with Crippen LogP contribution in [0.5, 0.6) is 0 Å². The van der Waals surface area contributed by atoms with Crippen molar-refractivity contribution in [3.05, 3.63) is 23.9 Å². The van der Waals surface area contributed by atoms with Crippen molar-refractivity contribution in [2.75, 3.05) is 18.0 Å². The second-order valence-electron chi connectivity index (χ2n) is 6.41. The molecule has 106 valence electrons. The molecule has 3 heteroatoms. The monoisotopic (exact) mass is 261 g/mol. The normalized spacial score (nSPS) is 23.9. The number of pyridine rings is 1. The van der Waals surface area contributed by atoms with Crippen molar-refractivity contribution < 1.29 is 0 Å². The van der Waals surface area contributed by atoms with Crippen LogP contribution in [0.2, 0.25) is 0 Å². The predicted molar refractivity (Wildman–Crippen MR) is 81.4 cm³/mol. The number of nitrogens with zero attached hydrogens (tertiary/aromatic N) is 2. The number of hydrogen-bond acceptors (Lipinski definition) is 3. The summed E-state index contributed by atoms with van der Waals surface area (Å²) in [5.74, 6) is 2.67. The van der Waals surface area contributed by atoms with Gasteiger partial charge in [-0.05, 0) is 29.9 Å². The predicted octanol–water partition coefficient (Wildman–Crippen LogP) is 3.06. The fourth-order valence-corrected chi connectivity index (χ4v) is 2.88. The van der Waals surface area contributed by atoms with Gasteiger partial charge < -0.3 is 10.2 Å². The average molecular weight is 261 g/mol. The Labute approximate surface area is 117 Å². The largest absolute Gasteiger partial charge is 0.356 e. The molecule has 0 radical (unpaired) electrons. The van der Waals surface area contributed by atoms with E-state index in [0.717, 1.165) is 37.3 Å². The molecule has 2 unspecified atom stereocenters. The number of hydrogen-bond donors (Lipinski definition) is 1. The third kappa shape index (κ3) is 4.20. The van der Waals surface area contributed by atoms with Crippen LogP contribution in [0.15, 0.2) is 18.3 Å². The average Bonchev–Trinajstić information content (AvgIpc) is 2.36. The van der Waals surface area contributed by atoms with Gasteiger partial charge in [0.15, 0.2) is 0 Å². The summed E-state index contributed by atoms with van der Waals surface area (Å²) in [6, 6.07) is 4.88. The van der Waals surface area contributed by atoms with Crippen LogP contribution in [0.3, 0.4) is 0 Å². The van der Waals surface area contributed by atoms with Crippen LogP contribution >= 0.6 is 0 Å². The Hall–Kier alpha value is -1.09. The molecule has 1 saturated heterocycles. The molecule has 1 aromatic heterocycles. The highest BCUT2D eigenvalue weighted by Crippen LogP contribution is 2.24. The summed E-state index contributed by atoms with van der Waals surface area (Å²) in [5.41, 5.74) is 1.26. The molecule has 1 N–H and O–H groups in total. The lowest BCUT2D eigenvalue weighted by Gasteiger charge is -2.35. The number of piperidine rings is 1. The van der Waals surface area contributed by atoms with E-state index in [9.17, 15) is 0 Å². The molecule has 1 aliphatic rings. The van der Waals surface area contributed by atoms with Crippen molar-refractivity contribution in [3.8, 4) is 0 Å². The summed E-state index contributed by atoms with van der Waals surface area (Å²) < 4.78 is 0. The number of anilines is 1. The summed E-state index contributed by atoms with van der Waals surface area (Å²) in [4.78, 5) is 7.06.